The highest BCUT2D eigenvalue weighted by molar-refractivity contribution is 9.10. The molecule has 1 aliphatic heterocycles. The molecule has 0 atom stereocenters. The van der Waals surface area contributed by atoms with E-state index in [1.165, 1.54) is 11.1 Å². The first-order valence-corrected chi connectivity index (χ1v) is 7.42. The number of carbonyl (C=O) groups is 1. The van der Waals surface area contributed by atoms with Crippen molar-refractivity contribution in [2.24, 2.45) is 0 Å². The highest BCUT2D eigenvalue weighted by Crippen LogP contribution is 2.24. The second-order valence-corrected chi connectivity index (χ2v) is 5.75. The van der Waals surface area contributed by atoms with Crippen molar-refractivity contribution in [3.8, 4) is 0 Å². The van der Waals surface area contributed by atoms with Crippen LogP contribution in [0, 0.1) is 0 Å². The van der Waals surface area contributed by atoms with Crippen molar-refractivity contribution in [1.82, 2.24) is 5.32 Å². The van der Waals surface area contributed by atoms with Crippen LogP contribution in [0.15, 0.2) is 46.9 Å². The Morgan fingerprint density at radius 1 is 1.20 bits per heavy atom. The minimum absolute atomic E-state index is 0.0711. The van der Waals surface area contributed by atoms with Crippen molar-refractivity contribution in [1.29, 1.82) is 0 Å². The molecule has 0 unspecified atom stereocenters. The van der Waals surface area contributed by atoms with Gasteiger partial charge in [-0.15, -0.1) is 0 Å². The van der Waals surface area contributed by atoms with Crippen LogP contribution in [0.1, 0.15) is 21.5 Å². The van der Waals surface area contributed by atoms with E-state index in [2.05, 4.69) is 32.6 Å². The van der Waals surface area contributed by atoms with Crippen LogP contribution in [-0.4, -0.2) is 12.5 Å². The Bertz CT molecular complexity index is 655. The number of hydrogen-bond acceptors (Lipinski definition) is 2. The molecule has 102 valence electrons. The largest absolute Gasteiger partial charge is 0.322 e. The van der Waals surface area contributed by atoms with E-state index >= 15 is 0 Å². The SMILES string of the molecule is O=C(Nc1cccc2c1CCNC2)c1cccc(Br)c1. The zero-order valence-electron chi connectivity index (χ0n) is 10.9. The van der Waals surface area contributed by atoms with Gasteiger partial charge < -0.3 is 10.6 Å². The predicted octanol–water partition coefficient (Wildman–Crippen LogP) is 3.35. The summed E-state index contributed by atoms with van der Waals surface area (Å²) in [5, 5.41) is 6.37. The summed E-state index contributed by atoms with van der Waals surface area (Å²) in [6, 6.07) is 13.5. The van der Waals surface area contributed by atoms with Gasteiger partial charge in [0.1, 0.15) is 0 Å². The van der Waals surface area contributed by atoms with Crippen molar-refractivity contribution >= 4 is 27.5 Å². The van der Waals surface area contributed by atoms with Gasteiger partial charge in [-0.2, -0.15) is 0 Å². The Hall–Kier alpha value is -1.65. The van der Waals surface area contributed by atoms with Crippen molar-refractivity contribution in [3.05, 3.63) is 63.6 Å². The van der Waals surface area contributed by atoms with E-state index in [1.54, 1.807) is 0 Å². The molecular formula is C16H15BrN2O. The molecule has 0 saturated carbocycles. The predicted molar refractivity (Wildman–Crippen MR) is 83.9 cm³/mol. The third-order valence-electron chi connectivity index (χ3n) is 3.48. The van der Waals surface area contributed by atoms with Gasteiger partial charge in [0.2, 0.25) is 0 Å². The molecule has 3 rings (SSSR count). The fourth-order valence-electron chi connectivity index (χ4n) is 2.47. The first-order chi connectivity index (χ1) is 9.74. The Morgan fingerprint density at radius 2 is 2.05 bits per heavy atom. The smallest absolute Gasteiger partial charge is 0.255 e. The first-order valence-electron chi connectivity index (χ1n) is 6.62. The van der Waals surface area contributed by atoms with Crippen LogP contribution in [0.3, 0.4) is 0 Å². The molecular weight excluding hydrogens is 316 g/mol. The van der Waals surface area contributed by atoms with E-state index in [0.717, 1.165) is 29.7 Å². The van der Waals surface area contributed by atoms with Crippen molar-refractivity contribution < 1.29 is 4.79 Å². The summed E-state index contributed by atoms with van der Waals surface area (Å²) in [5.41, 5.74) is 4.10. The van der Waals surface area contributed by atoms with Gasteiger partial charge in [0.25, 0.3) is 5.91 Å². The van der Waals surface area contributed by atoms with Crippen molar-refractivity contribution in [2.45, 2.75) is 13.0 Å². The standard InChI is InChI=1S/C16H15BrN2O/c17-13-5-1-3-11(9-13)16(20)19-15-6-2-4-12-10-18-8-7-14(12)15/h1-6,9,18H,7-8,10H2,(H,19,20). The molecule has 2 N–H and O–H groups in total. The molecule has 0 radical (unpaired) electrons. The summed E-state index contributed by atoms with van der Waals surface area (Å²) in [7, 11) is 0. The number of benzene rings is 2. The lowest BCUT2D eigenvalue weighted by atomic mass is 9.99. The third-order valence-corrected chi connectivity index (χ3v) is 3.97. The molecule has 1 amide bonds. The fourth-order valence-corrected chi connectivity index (χ4v) is 2.87. The summed E-state index contributed by atoms with van der Waals surface area (Å²) in [5.74, 6) is -0.0711. The second-order valence-electron chi connectivity index (χ2n) is 4.83. The quantitative estimate of drug-likeness (QED) is 0.886. The maximum atomic E-state index is 12.3. The summed E-state index contributed by atoms with van der Waals surface area (Å²) in [6.07, 6.45) is 0.949. The van der Waals surface area contributed by atoms with Gasteiger partial charge in [-0.05, 0) is 48.4 Å². The maximum Gasteiger partial charge on any atom is 0.255 e. The molecule has 0 fully saturated rings. The highest BCUT2D eigenvalue weighted by atomic mass is 79.9. The van der Waals surface area contributed by atoms with E-state index < -0.39 is 0 Å². The highest BCUT2D eigenvalue weighted by Gasteiger charge is 2.14. The number of rotatable bonds is 2. The van der Waals surface area contributed by atoms with Crippen molar-refractivity contribution in [2.75, 3.05) is 11.9 Å². The molecule has 4 heteroatoms. The van der Waals surface area contributed by atoms with Crippen LogP contribution in [-0.2, 0) is 13.0 Å². The van der Waals surface area contributed by atoms with E-state index in [0.29, 0.717) is 5.56 Å². The molecule has 0 aliphatic carbocycles. The Balaban J connectivity index is 1.86. The molecule has 0 bridgehead atoms. The molecule has 2 aromatic rings. The van der Waals surface area contributed by atoms with Gasteiger partial charge in [-0.1, -0.05) is 34.1 Å². The van der Waals surface area contributed by atoms with E-state index in [-0.39, 0.29) is 5.91 Å². The maximum absolute atomic E-state index is 12.3. The lowest BCUT2D eigenvalue weighted by molar-refractivity contribution is 0.102. The number of hydrogen-bond donors (Lipinski definition) is 2. The van der Waals surface area contributed by atoms with Crippen LogP contribution in [0.4, 0.5) is 5.69 Å². The number of anilines is 1. The van der Waals surface area contributed by atoms with Crippen LogP contribution in [0.5, 0.6) is 0 Å². The third kappa shape index (κ3) is 2.76. The Morgan fingerprint density at radius 3 is 2.90 bits per heavy atom. The average molecular weight is 331 g/mol. The molecule has 3 nitrogen and oxygen atoms in total. The monoisotopic (exact) mass is 330 g/mol. The second kappa shape index (κ2) is 5.77. The fraction of sp³-hybridized carbons (Fsp3) is 0.188. The summed E-state index contributed by atoms with van der Waals surface area (Å²) in [4.78, 5) is 12.3. The Kier molecular flexibility index (Phi) is 3.85. The number of fused-ring (bicyclic) bond motifs is 1. The normalized spacial score (nSPS) is 13.7. The van der Waals surface area contributed by atoms with Gasteiger partial charge in [-0.25, -0.2) is 0 Å². The summed E-state index contributed by atoms with van der Waals surface area (Å²) in [6.45, 7) is 1.83. The van der Waals surface area contributed by atoms with Crippen molar-refractivity contribution in [3.63, 3.8) is 0 Å². The average Bonchev–Trinajstić information content (AvgIpc) is 2.47. The number of carbonyl (C=O) groups excluding carboxylic acids is 1. The van der Waals surface area contributed by atoms with Gasteiger partial charge in [0.15, 0.2) is 0 Å². The lowest BCUT2D eigenvalue weighted by Crippen LogP contribution is -2.25. The molecule has 1 aliphatic rings. The molecule has 20 heavy (non-hydrogen) atoms. The van der Waals surface area contributed by atoms with E-state index in [9.17, 15) is 4.79 Å². The van der Waals surface area contributed by atoms with Gasteiger partial charge in [-0.3, -0.25) is 4.79 Å². The van der Waals surface area contributed by atoms with E-state index in [4.69, 9.17) is 0 Å². The van der Waals surface area contributed by atoms with Gasteiger partial charge in [0.05, 0.1) is 0 Å². The minimum Gasteiger partial charge on any atom is -0.322 e. The summed E-state index contributed by atoms with van der Waals surface area (Å²) < 4.78 is 0.907. The van der Waals surface area contributed by atoms with Gasteiger partial charge in [0, 0.05) is 22.3 Å². The topological polar surface area (TPSA) is 41.1 Å². The van der Waals surface area contributed by atoms with Crippen LogP contribution < -0.4 is 10.6 Å². The van der Waals surface area contributed by atoms with E-state index in [1.807, 2.05) is 36.4 Å². The number of nitrogens with one attached hydrogen (secondary N) is 2. The summed E-state index contributed by atoms with van der Waals surface area (Å²) >= 11 is 3.39. The Labute approximate surface area is 126 Å². The lowest BCUT2D eigenvalue weighted by Gasteiger charge is -2.20. The van der Waals surface area contributed by atoms with Crippen LogP contribution in [0.25, 0.3) is 0 Å². The van der Waals surface area contributed by atoms with Crippen LogP contribution in [0.2, 0.25) is 0 Å². The zero-order valence-corrected chi connectivity index (χ0v) is 12.5. The molecule has 1 heterocycles. The zero-order chi connectivity index (χ0) is 13.9. The number of halogens is 1. The molecule has 0 saturated heterocycles. The minimum atomic E-state index is -0.0711. The molecule has 0 spiro atoms. The molecule has 0 aromatic heterocycles. The molecule has 2 aromatic carbocycles. The first kappa shape index (κ1) is 13.3. The van der Waals surface area contributed by atoms with Gasteiger partial charge >= 0.3 is 0 Å². The number of amides is 1. The van der Waals surface area contributed by atoms with Crippen LogP contribution >= 0.6 is 15.9 Å².